The summed E-state index contributed by atoms with van der Waals surface area (Å²) in [6.07, 6.45) is 3.94. The van der Waals surface area contributed by atoms with Crippen LogP contribution >= 0.6 is 0 Å². The molecular formula is C21H29N2O4Rb. The molecular weight excluding hydrogens is 430 g/mol. The number of benzene rings is 1. The Kier molecular flexibility index (Phi) is 12.6. The first-order valence-corrected chi connectivity index (χ1v) is 9.65. The predicted molar refractivity (Wildman–Crippen MR) is 103 cm³/mol. The largest absolute Gasteiger partial charge is 1.00 e. The van der Waals surface area contributed by atoms with E-state index in [1.165, 1.54) is 11.3 Å². The molecule has 1 saturated heterocycles. The van der Waals surface area contributed by atoms with Crippen molar-refractivity contribution in [2.24, 2.45) is 5.92 Å². The van der Waals surface area contributed by atoms with Crippen molar-refractivity contribution in [1.82, 2.24) is 4.90 Å². The topological polar surface area (TPSA) is 77.8 Å². The van der Waals surface area contributed by atoms with E-state index < -0.39 is 0 Å². The molecule has 1 fully saturated rings. The number of unbranched alkanes of at least 4 members (excludes halogenated alkanes) is 1. The van der Waals surface area contributed by atoms with Crippen LogP contribution in [0.15, 0.2) is 24.3 Å². The maximum absolute atomic E-state index is 11.9. The number of ether oxygens (including phenoxy) is 1. The average molecular weight is 459 g/mol. The van der Waals surface area contributed by atoms with E-state index in [4.69, 9.17) is 4.74 Å². The summed E-state index contributed by atoms with van der Waals surface area (Å²) in [6.45, 7) is 5.83. The summed E-state index contributed by atoms with van der Waals surface area (Å²) in [6, 6.07) is 7.37. The number of β-lactam (4-membered cyclic amide) rings is 1. The summed E-state index contributed by atoms with van der Waals surface area (Å²) in [5.41, 5.74) is 1.75. The van der Waals surface area contributed by atoms with Crippen LogP contribution < -0.4 is 58.2 Å². The van der Waals surface area contributed by atoms with E-state index in [9.17, 15) is 14.4 Å². The molecule has 1 aliphatic rings. The number of nitrogens with zero attached hydrogens (tertiary/aromatic N) is 2. The molecule has 6 nitrogen and oxygen atoms in total. The molecule has 1 aromatic carbocycles. The van der Waals surface area contributed by atoms with Crippen LogP contribution in [0.4, 0.5) is 0 Å². The van der Waals surface area contributed by atoms with Crippen LogP contribution in [0, 0.1) is 5.92 Å². The molecule has 7 heteroatoms. The van der Waals surface area contributed by atoms with E-state index in [0.29, 0.717) is 32.0 Å². The number of hydrogen-bond donors (Lipinski definition) is 0. The van der Waals surface area contributed by atoms with Gasteiger partial charge < -0.3 is 14.8 Å². The number of amides is 3. The number of carbonyl (C=O) groups excluding carboxylic acids is 3. The fourth-order valence-electron chi connectivity index (χ4n) is 2.75. The first-order chi connectivity index (χ1) is 13.0. The van der Waals surface area contributed by atoms with Crippen LogP contribution in [0.3, 0.4) is 0 Å². The van der Waals surface area contributed by atoms with Gasteiger partial charge in [-0.3, -0.25) is 14.5 Å². The Morgan fingerprint density at radius 2 is 1.82 bits per heavy atom. The Hall–Kier alpha value is -0.405. The SMILES string of the molecule is CC(C)CCCCOCC(=O)[N-]Cc1ccc(CC(=O)N2CCC2=O)cc1.[Rb+]. The minimum absolute atomic E-state index is 0. The number of carbonyl (C=O) groups is 3. The van der Waals surface area contributed by atoms with Crippen molar-refractivity contribution in [3.63, 3.8) is 0 Å². The molecule has 2 rings (SSSR count). The van der Waals surface area contributed by atoms with Crippen molar-refractivity contribution in [2.45, 2.75) is 52.5 Å². The van der Waals surface area contributed by atoms with Gasteiger partial charge >= 0.3 is 58.2 Å². The standard InChI is InChI=1S/C21H30N2O4.Rb/c1-16(2)5-3-4-12-27-15-19(24)22-14-18-8-6-17(7-9-18)13-21(26)23-11-10-20(23)25;/h6-9,16H,3-5,10-15H2,1-2H3,(H,22,24);/q;+1/p-1. The minimum atomic E-state index is -0.255. The van der Waals surface area contributed by atoms with Gasteiger partial charge in [0.15, 0.2) is 0 Å². The Balaban J connectivity index is 0.00000392. The van der Waals surface area contributed by atoms with Crippen molar-refractivity contribution in [1.29, 1.82) is 0 Å². The van der Waals surface area contributed by atoms with E-state index in [0.717, 1.165) is 24.0 Å². The normalized spacial score (nSPS) is 13.1. The maximum Gasteiger partial charge on any atom is 1.00 e. The third kappa shape index (κ3) is 9.40. The summed E-state index contributed by atoms with van der Waals surface area (Å²) in [4.78, 5) is 36.2. The predicted octanol–water partition coefficient (Wildman–Crippen LogP) is 0.235. The number of imide groups is 1. The van der Waals surface area contributed by atoms with Crippen LogP contribution in [0.25, 0.3) is 5.32 Å². The van der Waals surface area contributed by atoms with Gasteiger partial charge in [0.05, 0.1) is 18.9 Å². The van der Waals surface area contributed by atoms with Crippen molar-refractivity contribution in [2.75, 3.05) is 19.8 Å². The van der Waals surface area contributed by atoms with E-state index in [1.54, 1.807) is 0 Å². The zero-order chi connectivity index (χ0) is 19.6. The second kappa shape index (κ2) is 13.8. The molecule has 0 radical (unpaired) electrons. The molecule has 1 heterocycles. The van der Waals surface area contributed by atoms with Gasteiger partial charge in [0.1, 0.15) is 0 Å². The number of rotatable bonds is 11. The molecule has 3 amide bonds. The third-order valence-electron chi connectivity index (χ3n) is 4.51. The second-order valence-corrected chi connectivity index (χ2v) is 7.33. The summed E-state index contributed by atoms with van der Waals surface area (Å²) in [7, 11) is 0. The van der Waals surface area contributed by atoms with Gasteiger partial charge in [0.25, 0.3) is 0 Å². The van der Waals surface area contributed by atoms with E-state index >= 15 is 0 Å². The molecule has 1 aromatic rings. The molecule has 28 heavy (non-hydrogen) atoms. The molecule has 0 bridgehead atoms. The average Bonchev–Trinajstić information content (AvgIpc) is 2.62. The summed E-state index contributed by atoms with van der Waals surface area (Å²) >= 11 is 0. The van der Waals surface area contributed by atoms with E-state index in [-0.39, 0.29) is 88.9 Å². The van der Waals surface area contributed by atoms with Crippen LogP contribution in [-0.4, -0.2) is 42.4 Å². The van der Waals surface area contributed by atoms with Gasteiger partial charge in [-0.25, -0.2) is 0 Å². The van der Waals surface area contributed by atoms with Gasteiger partial charge in [-0.05, 0) is 17.9 Å². The van der Waals surface area contributed by atoms with Crippen molar-refractivity contribution >= 4 is 17.7 Å². The molecule has 0 N–H and O–H groups in total. The molecule has 0 aromatic heterocycles. The summed E-state index contributed by atoms with van der Waals surface area (Å²) in [5, 5.41) is 4.01. The maximum atomic E-state index is 11.9. The summed E-state index contributed by atoms with van der Waals surface area (Å²) < 4.78 is 5.36. The minimum Gasteiger partial charge on any atom is -0.648 e. The zero-order valence-electron chi connectivity index (χ0n) is 17.3. The quantitative estimate of drug-likeness (QED) is 0.351. The summed E-state index contributed by atoms with van der Waals surface area (Å²) in [5.74, 6) is 0.180. The Labute approximate surface area is 216 Å². The van der Waals surface area contributed by atoms with Gasteiger partial charge in [-0.2, -0.15) is 0 Å². The van der Waals surface area contributed by atoms with E-state index in [1.807, 2.05) is 24.3 Å². The first-order valence-electron chi connectivity index (χ1n) is 9.65. The van der Waals surface area contributed by atoms with Crippen LogP contribution in [0.2, 0.25) is 0 Å². The molecule has 1 aliphatic heterocycles. The first kappa shape index (κ1) is 25.6. The van der Waals surface area contributed by atoms with Crippen LogP contribution in [-0.2, 0) is 32.1 Å². The number of hydrogen-bond acceptors (Lipinski definition) is 4. The second-order valence-electron chi connectivity index (χ2n) is 7.33. The third-order valence-corrected chi connectivity index (χ3v) is 4.51. The number of likely N-dealkylation sites (tertiary alicyclic amines) is 1. The molecule has 0 aliphatic carbocycles. The van der Waals surface area contributed by atoms with Crippen LogP contribution in [0.5, 0.6) is 0 Å². The fraction of sp³-hybridized carbons (Fsp3) is 0.571. The molecule has 0 spiro atoms. The Morgan fingerprint density at radius 1 is 1.14 bits per heavy atom. The fourth-order valence-corrected chi connectivity index (χ4v) is 2.75. The molecule has 0 saturated carbocycles. The molecule has 148 valence electrons. The van der Waals surface area contributed by atoms with Gasteiger partial charge in [0.2, 0.25) is 11.8 Å². The van der Waals surface area contributed by atoms with Crippen LogP contribution in [0.1, 0.15) is 50.7 Å². The van der Waals surface area contributed by atoms with Gasteiger partial charge in [-0.15, -0.1) is 6.54 Å². The molecule has 0 atom stereocenters. The molecule has 0 unspecified atom stereocenters. The smallest absolute Gasteiger partial charge is 0.648 e. The zero-order valence-corrected chi connectivity index (χ0v) is 22.2. The van der Waals surface area contributed by atoms with Crippen molar-refractivity contribution in [3.8, 4) is 0 Å². The monoisotopic (exact) mass is 458 g/mol. The Bertz CT molecular complexity index is 646. The van der Waals surface area contributed by atoms with Gasteiger partial charge in [0, 0.05) is 19.6 Å². The van der Waals surface area contributed by atoms with E-state index in [2.05, 4.69) is 19.2 Å². The van der Waals surface area contributed by atoms with Crippen molar-refractivity contribution in [3.05, 3.63) is 40.7 Å². The van der Waals surface area contributed by atoms with Crippen molar-refractivity contribution < 1.29 is 77.3 Å². The Morgan fingerprint density at radius 3 is 2.39 bits per heavy atom. The van der Waals surface area contributed by atoms with Gasteiger partial charge in [-0.1, -0.05) is 56.5 Å².